The summed E-state index contributed by atoms with van der Waals surface area (Å²) >= 11 is 0. The fourth-order valence-corrected chi connectivity index (χ4v) is 7.04. The molecule has 212 valence electrons. The number of rotatable bonds is 6. The molecule has 1 aliphatic carbocycles. The van der Waals surface area contributed by atoms with Gasteiger partial charge in [-0.3, -0.25) is 10.1 Å². The van der Waals surface area contributed by atoms with Gasteiger partial charge in [-0.25, -0.2) is 4.79 Å². The van der Waals surface area contributed by atoms with Gasteiger partial charge in [0.1, 0.15) is 10.6 Å². The third-order valence-corrected chi connectivity index (χ3v) is 9.13. The molecular weight excluding hydrogens is 566 g/mol. The molecule has 0 amide bonds. The number of hydrogen-bond acceptors (Lipinski definition) is 7. The summed E-state index contributed by atoms with van der Waals surface area (Å²) in [6.07, 6.45) is 1.87. The van der Waals surface area contributed by atoms with E-state index < -0.39 is 20.9 Å². The monoisotopic (exact) mass is 589 g/mol. The van der Waals surface area contributed by atoms with E-state index in [9.17, 15) is 23.3 Å². The van der Waals surface area contributed by atoms with Crippen LogP contribution in [0.25, 0.3) is 10.8 Å². The largest absolute Gasteiger partial charge is 0.423 e. The van der Waals surface area contributed by atoms with Crippen LogP contribution < -0.4 is 9.64 Å². The van der Waals surface area contributed by atoms with E-state index in [1.807, 2.05) is 23.1 Å². The molecule has 0 saturated carbocycles. The van der Waals surface area contributed by atoms with Gasteiger partial charge in [-0.15, -0.1) is 4.40 Å². The normalized spacial score (nSPS) is 14.3. The first-order valence-electron chi connectivity index (χ1n) is 13.6. The molecule has 5 aromatic carbocycles. The van der Waals surface area contributed by atoms with Crippen molar-refractivity contribution in [2.45, 2.75) is 24.3 Å². The van der Waals surface area contributed by atoms with Crippen molar-refractivity contribution in [3.8, 4) is 5.75 Å². The standard InChI is InChI=1S/C33H23N3O6S/c37-33(23-9-5-10-25(19-23)36(38)39)42-29-13-3-1-7-24(29)20-35(32-27-11-2-4-14-30(27)43(40,41)34-32)28-18-17-22-16-15-21-8-6-12-26(28)31(21)22/h1-14,17-19H,15-16,20H2. The predicted octanol–water partition coefficient (Wildman–Crippen LogP) is 6.22. The van der Waals surface area contributed by atoms with E-state index in [0.29, 0.717) is 11.1 Å². The molecule has 43 heavy (non-hydrogen) atoms. The third-order valence-electron chi connectivity index (χ3n) is 7.81. The number of nitro groups is 1. The number of ether oxygens (including phenoxy) is 1. The first-order chi connectivity index (χ1) is 20.8. The van der Waals surface area contributed by atoms with Crippen LogP contribution in [0.15, 0.2) is 112 Å². The number of para-hydroxylation sites is 1. The van der Waals surface area contributed by atoms with Crippen molar-refractivity contribution in [3.05, 3.63) is 141 Å². The van der Waals surface area contributed by atoms with Gasteiger partial charge in [0.05, 0.1) is 22.7 Å². The lowest BCUT2D eigenvalue weighted by atomic mass is 10.0. The Balaban J connectivity index is 1.34. The molecule has 0 spiro atoms. The zero-order valence-corrected chi connectivity index (χ0v) is 23.5. The first kappa shape index (κ1) is 26.5. The molecule has 5 aromatic rings. The van der Waals surface area contributed by atoms with E-state index in [4.69, 9.17) is 4.74 Å². The van der Waals surface area contributed by atoms with Crippen LogP contribution in [0.2, 0.25) is 0 Å². The van der Waals surface area contributed by atoms with Gasteiger partial charge < -0.3 is 9.64 Å². The fraction of sp³-hybridized carbons (Fsp3) is 0.0909. The predicted molar refractivity (Wildman–Crippen MR) is 162 cm³/mol. The number of aryl methyl sites for hydroxylation is 2. The summed E-state index contributed by atoms with van der Waals surface area (Å²) in [6, 6.07) is 29.2. The maximum absolute atomic E-state index is 13.1. The number of anilines is 1. The number of non-ortho nitro benzene ring substituents is 1. The molecule has 0 fully saturated rings. The van der Waals surface area contributed by atoms with Crippen LogP contribution in [0.3, 0.4) is 0 Å². The van der Waals surface area contributed by atoms with Gasteiger partial charge in [-0.05, 0) is 59.7 Å². The number of esters is 1. The van der Waals surface area contributed by atoms with Gasteiger partial charge in [0.2, 0.25) is 0 Å². The molecule has 0 saturated heterocycles. The van der Waals surface area contributed by atoms with Crippen molar-refractivity contribution < 1.29 is 22.9 Å². The minimum absolute atomic E-state index is 0.0357. The highest BCUT2D eigenvalue weighted by atomic mass is 32.2. The van der Waals surface area contributed by atoms with E-state index in [1.54, 1.807) is 48.5 Å². The van der Waals surface area contributed by atoms with E-state index >= 15 is 0 Å². The summed E-state index contributed by atoms with van der Waals surface area (Å²) in [7, 11) is -3.93. The molecule has 0 radical (unpaired) electrons. The molecule has 2 aliphatic rings. The first-order valence-corrected chi connectivity index (χ1v) is 15.0. The Labute approximate surface area is 246 Å². The number of nitro benzene ring substituents is 1. The maximum Gasteiger partial charge on any atom is 0.343 e. The molecule has 1 aliphatic heterocycles. The Kier molecular flexibility index (Phi) is 6.28. The van der Waals surface area contributed by atoms with Crippen molar-refractivity contribution in [2.24, 2.45) is 4.40 Å². The van der Waals surface area contributed by atoms with Crippen molar-refractivity contribution in [1.29, 1.82) is 0 Å². The lowest BCUT2D eigenvalue weighted by Gasteiger charge is -2.27. The van der Waals surface area contributed by atoms with Crippen molar-refractivity contribution in [3.63, 3.8) is 0 Å². The zero-order chi connectivity index (χ0) is 29.7. The van der Waals surface area contributed by atoms with Crippen molar-refractivity contribution >= 4 is 44.0 Å². The van der Waals surface area contributed by atoms with Crippen LogP contribution in [0, 0.1) is 10.1 Å². The fourth-order valence-electron chi connectivity index (χ4n) is 5.83. The quantitative estimate of drug-likeness (QED) is 0.0998. The third kappa shape index (κ3) is 4.61. The van der Waals surface area contributed by atoms with Crippen molar-refractivity contribution in [1.82, 2.24) is 0 Å². The topological polar surface area (TPSA) is 119 Å². The van der Waals surface area contributed by atoms with Gasteiger partial charge in [0.25, 0.3) is 15.7 Å². The Bertz CT molecular complexity index is 2110. The zero-order valence-electron chi connectivity index (χ0n) is 22.6. The Morgan fingerprint density at radius 1 is 0.884 bits per heavy atom. The van der Waals surface area contributed by atoms with Gasteiger partial charge in [0.15, 0.2) is 5.84 Å². The minimum Gasteiger partial charge on any atom is -0.423 e. The highest BCUT2D eigenvalue weighted by molar-refractivity contribution is 7.90. The van der Waals surface area contributed by atoms with Crippen LogP contribution in [-0.2, 0) is 29.4 Å². The number of carbonyl (C=O) groups is 1. The summed E-state index contributed by atoms with van der Waals surface area (Å²) < 4.78 is 36.3. The molecule has 0 atom stereocenters. The van der Waals surface area contributed by atoms with E-state index in [0.717, 1.165) is 29.3 Å². The lowest BCUT2D eigenvalue weighted by Crippen LogP contribution is -2.31. The molecule has 9 nitrogen and oxygen atoms in total. The molecule has 0 N–H and O–H groups in total. The number of carbonyl (C=O) groups excluding carboxylic acids is 1. The average molecular weight is 590 g/mol. The lowest BCUT2D eigenvalue weighted by molar-refractivity contribution is -0.384. The van der Waals surface area contributed by atoms with Crippen LogP contribution in [-0.4, -0.2) is 25.1 Å². The number of sulfonamides is 1. The summed E-state index contributed by atoms with van der Waals surface area (Å²) in [6.45, 7) is 0.125. The number of amidine groups is 1. The van der Waals surface area contributed by atoms with E-state index in [2.05, 4.69) is 16.5 Å². The summed E-state index contributed by atoms with van der Waals surface area (Å²) in [5.41, 5.74) is 4.14. The molecule has 0 aromatic heterocycles. The number of benzene rings is 5. The van der Waals surface area contributed by atoms with Gasteiger partial charge >= 0.3 is 5.97 Å². The second-order valence-electron chi connectivity index (χ2n) is 10.4. The van der Waals surface area contributed by atoms with E-state index in [1.165, 1.54) is 35.4 Å². The second-order valence-corrected chi connectivity index (χ2v) is 11.9. The maximum atomic E-state index is 13.1. The average Bonchev–Trinajstić information content (AvgIpc) is 3.56. The highest BCUT2D eigenvalue weighted by Crippen LogP contribution is 2.40. The van der Waals surface area contributed by atoms with Crippen LogP contribution in [0.1, 0.15) is 32.6 Å². The minimum atomic E-state index is -3.93. The molecule has 0 bridgehead atoms. The smallest absolute Gasteiger partial charge is 0.343 e. The number of fused-ring (bicyclic) bond motifs is 1. The Hall–Kier alpha value is -5.35. The van der Waals surface area contributed by atoms with Crippen molar-refractivity contribution in [2.75, 3.05) is 4.90 Å². The molecule has 7 rings (SSSR count). The molecule has 10 heteroatoms. The van der Waals surface area contributed by atoms with Crippen LogP contribution >= 0.6 is 0 Å². The summed E-state index contributed by atoms with van der Waals surface area (Å²) in [4.78, 5) is 25.7. The van der Waals surface area contributed by atoms with Gasteiger partial charge in [0, 0.05) is 28.6 Å². The Morgan fingerprint density at radius 2 is 1.63 bits per heavy atom. The highest BCUT2D eigenvalue weighted by Gasteiger charge is 2.34. The molecule has 1 heterocycles. The SMILES string of the molecule is O=C(Oc1ccccc1CN(C1=NS(=O)(=O)c2ccccc21)c1ccc2c3c(cccc13)CC2)c1cccc([N+](=O)[O-])c1. The van der Waals surface area contributed by atoms with Crippen LogP contribution in [0.5, 0.6) is 5.75 Å². The Morgan fingerprint density at radius 3 is 2.47 bits per heavy atom. The number of hydrogen-bond donors (Lipinski definition) is 0. The summed E-state index contributed by atoms with van der Waals surface area (Å²) in [5.74, 6) is -0.238. The second kappa shape index (κ2) is 10.2. The molecular formula is C33H23N3O6S. The number of nitrogens with zero attached hydrogens (tertiary/aromatic N) is 3. The summed E-state index contributed by atoms with van der Waals surface area (Å²) in [5, 5.41) is 13.4. The van der Waals surface area contributed by atoms with Gasteiger partial charge in [-0.1, -0.05) is 60.7 Å². The van der Waals surface area contributed by atoms with E-state index in [-0.39, 0.29) is 34.3 Å². The van der Waals surface area contributed by atoms with Gasteiger partial charge in [-0.2, -0.15) is 8.42 Å². The molecule has 0 unspecified atom stereocenters. The van der Waals surface area contributed by atoms with Crippen LogP contribution in [0.4, 0.5) is 11.4 Å².